The van der Waals surface area contributed by atoms with Gasteiger partial charge in [0.25, 0.3) is 0 Å². The predicted molar refractivity (Wildman–Crippen MR) is 81.9 cm³/mol. The van der Waals surface area contributed by atoms with Crippen molar-refractivity contribution >= 4 is 0 Å². The van der Waals surface area contributed by atoms with Crippen LogP contribution >= 0.6 is 0 Å². The molecule has 2 fully saturated rings. The van der Waals surface area contributed by atoms with E-state index in [1.807, 2.05) is 0 Å². The fourth-order valence-electron chi connectivity index (χ4n) is 3.79. The minimum Gasteiger partial charge on any atom is -0.347 e. The number of nitrogens with zero attached hydrogens (tertiary/aromatic N) is 1. The summed E-state index contributed by atoms with van der Waals surface area (Å²) in [5.74, 6) is -0.281. The topological polar surface area (TPSA) is 33.7 Å². The Bertz CT molecular complexity index is 274. The van der Waals surface area contributed by atoms with Gasteiger partial charge in [0.1, 0.15) is 0 Å². The van der Waals surface area contributed by atoms with E-state index in [-0.39, 0.29) is 5.79 Å². The van der Waals surface area contributed by atoms with E-state index in [0.717, 1.165) is 39.0 Å². The maximum Gasteiger partial charge on any atom is 0.170 e. The number of ether oxygens (including phenoxy) is 2. The first-order valence-corrected chi connectivity index (χ1v) is 8.50. The maximum absolute atomic E-state index is 5.97. The highest BCUT2D eigenvalue weighted by molar-refractivity contribution is 4.96. The first-order valence-electron chi connectivity index (χ1n) is 8.50. The van der Waals surface area contributed by atoms with E-state index >= 15 is 0 Å². The Morgan fingerprint density at radius 3 is 2.30 bits per heavy atom. The molecule has 20 heavy (non-hydrogen) atoms. The van der Waals surface area contributed by atoms with Gasteiger partial charge in [-0.1, -0.05) is 20.8 Å². The molecule has 2 aliphatic rings. The maximum atomic E-state index is 5.97. The van der Waals surface area contributed by atoms with Crippen molar-refractivity contribution in [1.82, 2.24) is 10.2 Å². The molecule has 1 spiro atoms. The molecule has 4 nitrogen and oxygen atoms in total. The van der Waals surface area contributed by atoms with Gasteiger partial charge in [-0.3, -0.25) is 4.90 Å². The molecule has 2 unspecified atom stereocenters. The van der Waals surface area contributed by atoms with Crippen molar-refractivity contribution in [3.8, 4) is 0 Å². The van der Waals surface area contributed by atoms with E-state index in [1.165, 1.54) is 25.9 Å². The second-order valence-corrected chi connectivity index (χ2v) is 6.12. The van der Waals surface area contributed by atoms with Crippen LogP contribution in [0.2, 0.25) is 0 Å². The molecule has 0 radical (unpaired) electrons. The highest BCUT2D eigenvalue weighted by Gasteiger charge is 2.46. The molecule has 1 aliphatic heterocycles. The third-order valence-electron chi connectivity index (χ3n) is 4.59. The van der Waals surface area contributed by atoms with Gasteiger partial charge >= 0.3 is 0 Å². The summed E-state index contributed by atoms with van der Waals surface area (Å²) in [5, 5.41) is 3.69. The van der Waals surface area contributed by atoms with E-state index < -0.39 is 0 Å². The fourth-order valence-corrected chi connectivity index (χ4v) is 3.79. The quantitative estimate of drug-likeness (QED) is 0.778. The van der Waals surface area contributed by atoms with Crippen molar-refractivity contribution in [3.05, 3.63) is 0 Å². The minimum atomic E-state index is -0.281. The summed E-state index contributed by atoms with van der Waals surface area (Å²) in [6, 6.07) is 1.12. The summed E-state index contributed by atoms with van der Waals surface area (Å²) in [6.45, 7) is 11.7. The second-order valence-electron chi connectivity index (χ2n) is 6.12. The lowest BCUT2D eigenvalue weighted by molar-refractivity contribution is -0.193. The molecule has 0 bridgehead atoms. The number of hydrogen-bond acceptors (Lipinski definition) is 4. The molecule has 0 aromatic rings. The first-order chi connectivity index (χ1) is 9.74. The Balaban J connectivity index is 2.07. The van der Waals surface area contributed by atoms with Crippen LogP contribution < -0.4 is 5.32 Å². The number of hydrogen-bond donors (Lipinski definition) is 1. The third-order valence-corrected chi connectivity index (χ3v) is 4.59. The fraction of sp³-hybridized carbons (Fsp3) is 1.00. The molecular weight excluding hydrogens is 252 g/mol. The Kier molecular flexibility index (Phi) is 6.27. The summed E-state index contributed by atoms with van der Waals surface area (Å²) < 4.78 is 11.9. The average Bonchev–Trinajstić information content (AvgIpc) is 2.89. The smallest absolute Gasteiger partial charge is 0.170 e. The third kappa shape index (κ3) is 3.73. The van der Waals surface area contributed by atoms with Gasteiger partial charge in [0.05, 0.1) is 13.2 Å². The SMILES string of the molecule is CCCN(CCC)C1CC2(CCC1NCC)OCCO2. The van der Waals surface area contributed by atoms with Gasteiger partial charge < -0.3 is 14.8 Å². The number of likely N-dealkylation sites (N-methyl/N-ethyl adjacent to an activating group) is 1. The highest BCUT2D eigenvalue weighted by atomic mass is 16.7. The lowest BCUT2D eigenvalue weighted by Crippen LogP contribution is -2.58. The summed E-state index contributed by atoms with van der Waals surface area (Å²) in [6.07, 6.45) is 5.63. The molecule has 0 amide bonds. The van der Waals surface area contributed by atoms with Gasteiger partial charge in [0.2, 0.25) is 0 Å². The molecule has 1 saturated carbocycles. The van der Waals surface area contributed by atoms with Crippen molar-refractivity contribution in [2.24, 2.45) is 0 Å². The number of nitrogens with one attached hydrogen (secondary N) is 1. The van der Waals surface area contributed by atoms with Gasteiger partial charge in [-0.05, 0) is 38.9 Å². The van der Waals surface area contributed by atoms with Crippen LogP contribution in [-0.4, -0.2) is 55.6 Å². The lowest BCUT2D eigenvalue weighted by Gasteiger charge is -2.46. The zero-order valence-electron chi connectivity index (χ0n) is 13.5. The van der Waals surface area contributed by atoms with Gasteiger partial charge in [-0.2, -0.15) is 0 Å². The van der Waals surface area contributed by atoms with E-state index in [9.17, 15) is 0 Å². The molecule has 2 rings (SSSR count). The van der Waals surface area contributed by atoms with Gasteiger partial charge in [0, 0.05) is 24.9 Å². The van der Waals surface area contributed by atoms with Crippen LogP contribution in [0, 0.1) is 0 Å². The molecule has 1 heterocycles. The Labute approximate surface area is 124 Å². The monoisotopic (exact) mass is 284 g/mol. The van der Waals surface area contributed by atoms with Crippen molar-refractivity contribution in [3.63, 3.8) is 0 Å². The van der Waals surface area contributed by atoms with Crippen LogP contribution in [0.15, 0.2) is 0 Å². The average molecular weight is 284 g/mol. The molecule has 118 valence electrons. The van der Waals surface area contributed by atoms with Crippen molar-refractivity contribution in [1.29, 1.82) is 0 Å². The normalized spacial score (nSPS) is 29.4. The largest absolute Gasteiger partial charge is 0.347 e. The Morgan fingerprint density at radius 1 is 1.10 bits per heavy atom. The zero-order valence-corrected chi connectivity index (χ0v) is 13.5. The van der Waals surface area contributed by atoms with E-state index in [0.29, 0.717) is 12.1 Å². The van der Waals surface area contributed by atoms with Crippen LogP contribution in [0.1, 0.15) is 52.9 Å². The molecule has 1 N–H and O–H groups in total. The first kappa shape index (κ1) is 16.2. The van der Waals surface area contributed by atoms with Crippen LogP contribution in [0.3, 0.4) is 0 Å². The molecule has 4 heteroatoms. The highest BCUT2D eigenvalue weighted by Crippen LogP contribution is 2.38. The summed E-state index contributed by atoms with van der Waals surface area (Å²) in [5.41, 5.74) is 0. The molecule has 2 atom stereocenters. The molecular formula is C16H32N2O2. The van der Waals surface area contributed by atoms with Crippen LogP contribution in [0.4, 0.5) is 0 Å². The Morgan fingerprint density at radius 2 is 1.75 bits per heavy atom. The minimum absolute atomic E-state index is 0.281. The zero-order chi connectivity index (χ0) is 14.4. The summed E-state index contributed by atoms with van der Waals surface area (Å²) in [4.78, 5) is 2.65. The summed E-state index contributed by atoms with van der Waals surface area (Å²) >= 11 is 0. The van der Waals surface area contributed by atoms with Gasteiger partial charge in [-0.25, -0.2) is 0 Å². The van der Waals surface area contributed by atoms with Crippen LogP contribution in [-0.2, 0) is 9.47 Å². The second kappa shape index (κ2) is 7.74. The molecule has 0 aromatic heterocycles. The Hall–Kier alpha value is -0.160. The van der Waals surface area contributed by atoms with Gasteiger partial charge in [-0.15, -0.1) is 0 Å². The predicted octanol–water partition coefficient (Wildman–Crippen LogP) is 2.38. The van der Waals surface area contributed by atoms with E-state index in [2.05, 4.69) is 31.0 Å². The summed E-state index contributed by atoms with van der Waals surface area (Å²) in [7, 11) is 0. The molecule has 1 aliphatic carbocycles. The molecule has 0 aromatic carbocycles. The van der Waals surface area contributed by atoms with E-state index in [4.69, 9.17) is 9.47 Å². The van der Waals surface area contributed by atoms with Crippen molar-refractivity contribution in [2.45, 2.75) is 70.7 Å². The van der Waals surface area contributed by atoms with Crippen LogP contribution in [0.25, 0.3) is 0 Å². The van der Waals surface area contributed by atoms with Gasteiger partial charge in [0.15, 0.2) is 5.79 Å². The van der Waals surface area contributed by atoms with Crippen molar-refractivity contribution in [2.75, 3.05) is 32.8 Å². The van der Waals surface area contributed by atoms with Crippen molar-refractivity contribution < 1.29 is 9.47 Å². The van der Waals surface area contributed by atoms with E-state index in [1.54, 1.807) is 0 Å². The molecule has 1 saturated heterocycles. The van der Waals surface area contributed by atoms with Crippen LogP contribution in [0.5, 0.6) is 0 Å². The number of rotatable bonds is 7. The lowest BCUT2D eigenvalue weighted by atomic mass is 9.84. The standard InChI is InChI=1S/C16H32N2O2/c1-4-9-18(10-5-2)15-13-16(19-11-12-20-16)8-7-14(15)17-6-3/h14-15,17H,4-13H2,1-3H3.